The van der Waals surface area contributed by atoms with Gasteiger partial charge in [-0.15, -0.1) is 0 Å². The Balaban J connectivity index is 1.92. The van der Waals surface area contributed by atoms with Crippen LogP contribution in [0.4, 0.5) is 8.78 Å². The molecule has 0 amide bonds. The molecule has 0 saturated heterocycles. The largest absolute Gasteiger partial charge is 0.481 e. The van der Waals surface area contributed by atoms with Crippen molar-refractivity contribution in [3.63, 3.8) is 0 Å². The van der Waals surface area contributed by atoms with Crippen molar-refractivity contribution in [1.82, 2.24) is 9.97 Å². The Kier molecular flexibility index (Phi) is 4.71. The van der Waals surface area contributed by atoms with E-state index < -0.39 is 5.92 Å². The molecule has 1 aromatic heterocycles. The summed E-state index contributed by atoms with van der Waals surface area (Å²) < 4.78 is 31.3. The molecule has 0 aliphatic heterocycles. The second kappa shape index (κ2) is 6.11. The predicted molar refractivity (Wildman–Crippen MR) is 71.9 cm³/mol. The van der Waals surface area contributed by atoms with E-state index in [0.717, 1.165) is 5.69 Å². The lowest BCUT2D eigenvalue weighted by atomic mass is 9.83. The Morgan fingerprint density at radius 1 is 1.42 bits per heavy atom. The SMILES string of the molecule is COc1cc(CC(Br)C2CCC(F)(F)CC2)ncn1. The summed E-state index contributed by atoms with van der Waals surface area (Å²) in [4.78, 5) is 8.30. The van der Waals surface area contributed by atoms with E-state index in [1.165, 1.54) is 6.33 Å². The van der Waals surface area contributed by atoms with Gasteiger partial charge in [-0.3, -0.25) is 0 Å². The molecule has 1 fully saturated rings. The van der Waals surface area contributed by atoms with Gasteiger partial charge in [0, 0.05) is 35.8 Å². The van der Waals surface area contributed by atoms with Gasteiger partial charge in [-0.2, -0.15) is 0 Å². The molecule has 1 aliphatic carbocycles. The number of hydrogen-bond acceptors (Lipinski definition) is 3. The first-order valence-electron chi connectivity index (χ1n) is 6.37. The van der Waals surface area contributed by atoms with Crippen molar-refractivity contribution in [1.29, 1.82) is 0 Å². The number of hydrogen-bond donors (Lipinski definition) is 0. The van der Waals surface area contributed by atoms with E-state index in [-0.39, 0.29) is 23.6 Å². The summed E-state index contributed by atoms with van der Waals surface area (Å²) in [6, 6.07) is 1.78. The average molecular weight is 335 g/mol. The van der Waals surface area contributed by atoms with E-state index in [1.54, 1.807) is 13.2 Å². The summed E-state index contributed by atoms with van der Waals surface area (Å²) >= 11 is 3.61. The number of methoxy groups -OCH3 is 1. The molecular formula is C13H17BrF2N2O. The van der Waals surface area contributed by atoms with Crippen LogP contribution in [0.3, 0.4) is 0 Å². The number of halogens is 3. The van der Waals surface area contributed by atoms with E-state index in [2.05, 4.69) is 25.9 Å². The van der Waals surface area contributed by atoms with Crippen molar-refractivity contribution in [2.45, 2.75) is 42.9 Å². The third kappa shape index (κ3) is 4.09. The molecule has 0 radical (unpaired) electrons. The van der Waals surface area contributed by atoms with Gasteiger partial charge in [-0.1, -0.05) is 15.9 Å². The second-order valence-corrected chi connectivity index (χ2v) is 6.14. The van der Waals surface area contributed by atoms with Crippen molar-refractivity contribution >= 4 is 15.9 Å². The molecule has 19 heavy (non-hydrogen) atoms. The summed E-state index contributed by atoms with van der Waals surface area (Å²) in [5.74, 6) is -1.66. The topological polar surface area (TPSA) is 35.0 Å². The first kappa shape index (κ1) is 14.6. The van der Waals surface area contributed by atoms with E-state index in [9.17, 15) is 8.78 Å². The third-order valence-corrected chi connectivity index (χ3v) is 4.66. The first-order valence-corrected chi connectivity index (χ1v) is 7.28. The maximum Gasteiger partial charge on any atom is 0.248 e. The second-order valence-electron chi connectivity index (χ2n) is 4.97. The predicted octanol–water partition coefficient (Wildman–Crippen LogP) is 3.62. The molecule has 1 aromatic rings. The lowest BCUT2D eigenvalue weighted by molar-refractivity contribution is -0.0456. The molecule has 6 heteroatoms. The van der Waals surface area contributed by atoms with Gasteiger partial charge in [-0.25, -0.2) is 18.7 Å². The fourth-order valence-electron chi connectivity index (χ4n) is 2.39. The lowest BCUT2D eigenvalue weighted by Crippen LogP contribution is -2.29. The smallest absolute Gasteiger partial charge is 0.248 e. The Morgan fingerprint density at radius 2 is 2.11 bits per heavy atom. The Hall–Kier alpha value is -0.780. The van der Waals surface area contributed by atoms with Gasteiger partial charge >= 0.3 is 0 Å². The minimum atomic E-state index is -2.47. The number of nitrogens with zero attached hydrogens (tertiary/aromatic N) is 2. The van der Waals surface area contributed by atoms with Crippen LogP contribution in [0.5, 0.6) is 5.88 Å². The highest BCUT2D eigenvalue weighted by molar-refractivity contribution is 9.09. The van der Waals surface area contributed by atoms with E-state index >= 15 is 0 Å². The summed E-state index contributed by atoms with van der Waals surface area (Å²) in [5, 5.41) is 0. The quantitative estimate of drug-likeness (QED) is 0.789. The normalized spacial score (nSPS) is 21.1. The zero-order valence-corrected chi connectivity index (χ0v) is 12.4. The van der Waals surface area contributed by atoms with Gasteiger partial charge in [0.15, 0.2) is 0 Å². The van der Waals surface area contributed by atoms with Gasteiger partial charge in [-0.05, 0) is 18.8 Å². The van der Waals surface area contributed by atoms with Gasteiger partial charge in [0.25, 0.3) is 0 Å². The fraction of sp³-hybridized carbons (Fsp3) is 0.692. The minimum absolute atomic E-state index is 0.00708. The fourth-order valence-corrected chi connectivity index (χ4v) is 3.25. The van der Waals surface area contributed by atoms with Crippen LogP contribution in [-0.4, -0.2) is 27.8 Å². The van der Waals surface area contributed by atoms with Crippen molar-refractivity contribution in [3.8, 4) is 5.88 Å². The zero-order chi connectivity index (χ0) is 13.9. The van der Waals surface area contributed by atoms with Crippen molar-refractivity contribution < 1.29 is 13.5 Å². The molecule has 0 bridgehead atoms. The Bertz CT molecular complexity index is 421. The molecular weight excluding hydrogens is 318 g/mol. The molecule has 1 atom stereocenters. The Morgan fingerprint density at radius 3 is 2.74 bits per heavy atom. The molecule has 1 heterocycles. The summed E-state index contributed by atoms with van der Waals surface area (Å²) in [5.41, 5.74) is 0.867. The van der Waals surface area contributed by atoms with Crippen LogP contribution in [-0.2, 0) is 6.42 Å². The molecule has 3 nitrogen and oxygen atoms in total. The molecule has 1 unspecified atom stereocenters. The number of rotatable bonds is 4. The van der Waals surface area contributed by atoms with Crippen LogP contribution in [0.1, 0.15) is 31.4 Å². The van der Waals surface area contributed by atoms with E-state index in [0.29, 0.717) is 25.1 Å². The number of alkyl halides is 3. The molecule has 1 aliphatic rings. The highest BCUT2D eigenvalue weighted by atomic mass is 79.9. The maximum atomic E-state index is 13.1. The lowest BCUT2D eigenvalue weighted by Gasteiger charge is -2.31. The maximum absolute atomic E-state index is 13.1. The van der Waals surface area contributed by atoms with Crippen LogP contribution < -0.4 is 4.74 Å². The highest BCUT2D eigenvalue weighted by Crippen LogP contribution is 2.39. The number of ether oxygens (including phenoxy) is 1. The monoisotopic (exact) mass is 334 g/mol. The van der Waals surface area contributed by atoms with Crippen molar-refractivity contribution in [2.24, 2.45) is 5.92 Å². The summed E-state index contributed by atoms with van der Waals surface area (Å²) in [7, 11) is 1.56. The van der Waals surface area contributed by atoms with Crippen LogP contribution in [0.25, 0.3) is 0 Å². The van der Waals surface area contributed by atoms with Crippen LogP contribution in [0, 0.1) is 5.92 Å². The molecule has 0 aromatic carbocycles. The van der Waals surface area contributed by atoms with Crippen LogP contribution in [0.2, 0.25) is 0 Å². The van der Waals surface area contributed by atoms with Gasteiger partial charge in [0.05, 0.1) is 7.11 Å². The molecule has 0 N–H and O–H groups in total. The average Bonchev–Trinajstić information content (AvgIpc) is 2.38. The van der Waals surface area contributed by atoms with E-state index in [1.807, 2.05) is 0 Å². The standard InChI is InChI=1S/C13H17BrF2N2O/c1-19-12-7-10(17-8-18-12)6-11(14)9-2-4-13(15,16)5-3-9/h7-9,11H,2-6H2,1H3. The molecule has 1 saturated carbocycles. The highest BCUT2D eigenvalue weighted by Gasteiger charge is 2.37. The van der Waals surface area contributed by atoms with Gasteiger partial charge in [0.2, 0.25) is 11.8 Å². The minimum Gasteiger partial charge on any atom is -0.481 e. The molecule has 106 valence electrons. The van der Waals surface area contributed by atoms with Crippen LogP contribution >= 0.6 is 15.9 Å². The Labute approximate surface area is 119 Å². The van der Waals surface area contributed by atoms with Gasteiger partial charge < -0.3 is 4.74 Å². The first-order chi connectivity index (χ1) is 9.00. The number of aromatic nitrogens is 2. The summed E-state index contributed by atoms with van der Waals surface area (Å²) in [6.07, 6.45) is 3.27. The van der Waals surface area contributed by atoms with Crippen molar-refractivity contribution in [2.75, 3.05) is 7.11 Å². The summed E-state index contributed by atoms with van der Waals surface area (Å²) in [6.45, 7) is 0. The van der Waals surface area contributed by atoms with E-state index in [4.69, 9.17) is 4.74 Å². The van der Waals surface area contributed by atoms with Crippen molar-refractivity contribution in [3.05, 3.63) is 18.1 Å². The van der Waals surface area contributed by atoms with Gasteiger partial charge in [0.1, 0.15) is 6.33 Å². The zero-order valence-electron chi connectivity index (χ0n) is 10.8. The molecule has 2 rings (SSSR count). The van der Waals surface area contributed by atoms with Crippen LogP contribution in [0.15, 0.2) is 12.4 Å². The third-order valence-electron chi connectivity index (χ3n) is 3.59. The molecule has 0 spiro atoms.